The van der Waals surface area contributed by atoms with E-state index in [1.807, 2.05) is 12.2 Å². The molecular weight excluding hydrogens is 280 g/mol. The molecule has 1 aliphatic rings. The van der Waals surface area contributed by atoms with E-state index in [-0.39, 0.29) is 0 Å². The summed E-state index contributed by atoms with van der Waals surface area (Å²) >= 11 is 0. The third-order valence-corrected chi connectivity index (χ3v) is 4.30. The molecule has 0 aromatic carbocycles. The van der Waals surface area contributed by atoms with Crippen molar-refractivity contribution >= 4 is 0 Å². The zero-order valence-electron chi connectivity index (χ0n) is 15.0. The van der Waals surface area contributed by atoms with Gasteiger partial charge in [0.2, 0.25) is 0 Å². The summed E-state index contributed by atoms with van der Waals surface area (Å²) in [5.74, 6) is 0. The summed E-state index contributed by atoms with van der Waals surface area (Å²) in [7, 11) is 0. The van der Waals surface area contributed by atoms with E-state index in [0.717, 1.165) is 25.9 Å². The molecule has 1 saturated heterocycles. The van der Waals surface area contributed by atoms with Crippen molar-refractivity contribution < 1.29 is 0 Å². The smallest absolute Gasteiger partial charge is 0.0163 e. The number of rotatable bonds is 12. The van der Waals surface area contributed by atoms with Crippen molar-refractivity contribution in [3.63, 3.8) is 0 Å². The molecule has 0 aromatic heterocycles. The third kappa shape index (κ3) is 11.1. The quantitative estimate of drug-likeness (QED) is 0.376. The summed E-state index contributed by atoms with van der Waals surface area (Å²) in [5.41, 5.74) is 0. The largest absolute Gasteiger partial charge is 0.298 e. The van der Waals surface area contributed by atoms with Crippen LogP contribution in [0.3, 0.4) is 0 Å². The number of unbranched alkanes of at least 4 members (excludes halogenated alkanes) is 4. The molecule has 0 amide bonds. The predicted molar refractivity (Wildman–Crippen MR) is 104 cm³/mol. The fourth-order valence-electron chi connectivity index (χ4n) is 2.83. The Morgan fingerprint density at radius 2 is 1.09 bits per heavy atom. The van der Waals surface area contributed by atoms with Crippen LogP contribution in [0.4, 0.5) is 0 Å². The van der Waals surface area contributed by atoms with Crippen LogP contribution < -0.4 is 0 Å². The Morgan fingerprint density at radius 1 is 0.609 bits per heavy atom. The zero-order chi connectivity index (χ0) is 16.6. The minimum absolute atomic E-state index is 1.11. The second-order valence-electron chi connectivity index (χ2n) is 6.34. The first-order valence-corrected chi connectivity index (χ1v) is 9.33. The van der Waals surface area contributed by atoms with Gasteiger partial charge in [-0.15, -0.1) is 13.2 Å². The molecule has 0 radical (unpaired) electrons. The minimum Gasteiger partial charge on any atom is -0.298 e. The van der Waals surface area contributed by atoms with Crippen molar-refractivity contribution in [1.82, 2.24) is 9.80 Å². The third-order valence-electron chi connectivity index (χ3n) is 4.30. The summed E-state index contributed by atoms with van der Waals surface area (Å²) in [5, 5.41) is 0. The first kappa shape index (κ1) is 19.9. The topological polar surface area (TPSA) is 6.48 Å². The van der Waals surface area contributed by atoms with Gasteiger partial charge in [0.25, 0.3) is 0 Å². The molecule has 0 spiro atoms. The summed E-state index contributed by atoms with van der Waals surface area (Å²) in [6.45, 7) is 14.6. The lowest BCUT2D eigenvalue weighted by Gasteiger charge is -2.19. The van der Waals surface area contributed by atoms with Gasteiger partial charge in [-0.2, -0.15) is 0 Å². The van der Waals surface area contributed by atoms with Crippen molar-refractivity contribution in [2.45, 2.75) is 44.9 Å². The van der Waals surface area contributed by atoms with Gasteiger partial charge in [0.1, 0.15) is 0 Å². The van der Waals surface area contributed by atoms with E-state index >= 15 is 0 Å². The molecule has 0 atom stereocenters. The lowest BCUT2D eigenvalue weighted by atomic mass is 10.2. The van der Waals surface area contributed by atoms with E-state index in [1.54, 1.807) is 0 Å². The number of nitrogens with zero attached hydrogens (tertiary/aromatic N) is 2. The van der Waals surface area contributed by atoms with Gasteiger partial charge in [-0.3, -0.25) is 9.80 Å². The summed E-state index contributed by atoms with van der Waals surface area (Å²) < 4.78 is 0. The molecule has 0 saturated carbocycles. The van der Waals surface area contributed by atoms with Gasteiger partial charge in [-0.05, 0) is 58.0 Å². The standard InChI is InChI=1S/C21H36N2/c1-3-5-7-9-11-13-16-22-18-15-19-23(21-20-22)17-14-12-10-8-6-4-2/h3-4,11-14H,1-2,5-10,15-21H2. The molecule has 0 bridgehead atoms. The maximum absolute atomic E-state index is 3.76. The van der Waals surface area contributed by atoms with Gasteiger partial charge in [-0.1, -0.05) is 36.5 Å². The number of hydrogen-bond acceptors (Lipinski definition) is 2. The highest BCUT2D eigenvalue weighted by atomic mass is 15.2. The van der Waals surface area contributed by atoms with Crippen LogP contribution in [-0.2, 0) is 0 Å². The van der Waals surface area contributed by atoms with Crippen LogP contribution in [-0.4, -0.2) is 49.1 Å². The highest BCUT2D eigenvalue weighted by molar-refractivity contribution is 4.89. The molecular formula is C21H36N2. The molecule has 130 valence electrons. The molecule has 23 heavy (non-hydrogen) atoms. The first-order chi connectivity index (χ1) is 11.4. The van der Waals surface area contributed by atoms with E-state index in [0.29, 0.717) is 0 Å². The molecule has 1 aliphatic heterocycles. The molecule has 0 unspecified atom stereocenters. The van der Waals surface area contributed by atoms with Crippen molar-refractivity contribution in [2.24, 2.45) is 0 Å². The number of allylic oxidation sites excluding steroid dienone is 4. The Hall–Kier alpha value is -1.12. The van der Waals surface area contributed by atoms with E-state index < -0.39 is 0 Å². The van der Waals surface area contributed by atoms with E-state index in [4.69, 9.17) is 0 Å². The zero-order valence-corrected chi connectivity index (χ0v) is 15.0. The second-order valence-corrected chi connectivity index (χ2v) is 6.34. The first-order valence-electron chi connectivity index (χ1n) is 9.33. The highest BCUT2D eigenvalue weighted by Gasteiger charge is 2.12. The van der Waals surface area contributed by atoms with Gasteiger partial charge >= 0.3 is 0 Å². The summed E-state index contributed by atoms with van der Waals surface area (Å²) in [4.78, 5) is 5.16. The van der Waals surface area contributed by atoms with E-state index in [9.17, 15) is 0 Å². The Labute approximate surface area is 144 Å². The van der Waals surface area contributed by atoms with Crippen molar-refractivity contribution in [3.05, 3.63) is 49.6 Å². The van der Waals surface area contributed by atoms with Crippen LogP contribution in [0.2, 0.25) is 0 Å². The van der Waals surface area contributed by atoms with Gasteiger partial charge in [0.05, 0.1) is 0 Å². The molecule has 1 fully saturated rings. The predicted octanol–water partition coefficient (Wildman–Crippen LogP) is 4.82. The second kappa shape index (κ2) is 14.5. The molecule has 1 rings (SSSR count). The van der Waals surface area contributed by atoms with Gasteiger partial charge in [-0.25, -0.2) is 0 Å². The highest BCUT2D eigenvalue weighted by Crippen LogP contribution is 2.05. The van der Waals surface area contributed by atoms with Crippen LogP contribution in [0.15, 0.2) is 49.6 Å². The van der Waals surface area contributed by atoms with Crippen LogP contribution in [0.5, 0.6) is 0 Å². The Kier molecular flexibility index (Phi) is 12.5. The lowest BCUT2D eigenvalue weighted by Crippen LogP contribution is -2.31. The maximum Gasteiger partial charge on any atom is 0.0163 e. The molecule has 0 N–H and O–H groups in total. The van der Waals surface area contributed by atoms with Crippen molar-refractivity contribution in [3.8, 4) is 0 Å². The Bertz CT molecular complexity index is 323. The SMILES string of the molecule is C=CCCCC=CCN1CCCN(CC=CCCCC=C)CC1. The van der Waals surface area contributed by atoms with Crippen LogP contribution in [0, 0.1) is 0 Å². The lowest BCUT2D eigenvalue weighted by molar-refractivity contribution is 0.286. The van der Waals surface area contributed by atoms with Crippen LogP contribution in [0.1, 0.15) is 44.9 Å². The maximum atomic E-state index is 3.76. The van der Waals surface area contributed by atoms with Crippen LogP contribution in [0.25, 0.3) is 0 Å². The van der Waals surface area contributed by atoms with Gasteiger partial charge in [0.15, 0.2) is 0 Å². The molecule has 0 aliphatic carbocycles. The summed E-state index contributed by atoms with van der Waals surface area (Å²) in [6.07, 6.45) is 21.7. The average Bonchev–Trinajstić information content (AvgIpc) is 2.79. The van der Waals surface area contributed by atoms with Gasteiger partial charge in [0, 0.05) is 26.2 Å². The minimum atomic E-state index is 1.11. The Balaban J connectivity index is 2.12. The average molecular weight is 317 g/mol. The molecule has 1 heterocycles. The fraction of sp³-hybridized carbons (Fsp3) is 0.619. The molecule has 0 aromatic rings. The Morgan fingerprint density at radius 3 is 1.52 bits per heavy atom. The molecule has 2 nitrogen and oxygen atoms in total. The monoisotopic (exact) mass is 316 g/mol. The van der Waals surface area contributed by atoms with E-state index in [1.165, 1.54) is 58.3 Å². The van der Waals surface area contributed by atoms with Crippen molar-refractivity contribution in [2.75, 3.05) is 39.3 Å². The van der Waals surface area contributed by atoms with Gasteiger partial charge < -0.3 is 0 Å². The number of hydrogen-bond donors (Lipinski definition) is 0. The molecule has 2 heteroatoms. The summed E-state index contributed by atoms with van der Waals surface area (Å²) in [6, 6.07) is 0. The fourth-order valence-corrected chi connectivity index (χ4v) is 2.83. The normalized spacial score (nSPS) is 17.7. The van der Waals surface area contributed by atoms with E-state index in [2.05, 4.69) is 47.3 Å². The van der Waals surface area contributed by atoms with Crippen molar-refractivity contribution in [1.29, 1.82) is 0 Å². The van der Waals surface area contributed by atoms with Crippen LogP contribution >= 0.6 is 0 Å².